The number of rotatable bonds is 6. The maximum absolute atomic E-state index is 12.7. The van der Waals surface area contributed by atoms with Crippen LogP contribution in [0.4, 0.5) is 5.69 Å². The number of nitrogens with zero attached hydrogens (tertiary/aromatic N) is 1. The van der Waals surface area contributed by atoms with Crippen LogP contribution in [0.5, 0.6) is 11.5 Å². The third-order valence-corrected chi connectivity index (χ3v) is 5.87. The van der Waals surface area contributed by atoms with Gasteiger partial charge < -0.3 is 14.8 Å². The first kappa shape index (κ1) is 20.6. The highest BCUT2D eigenvalue weighted by molar-refractivity contribution is 7.15. The molecule has 0 bridgehead atoms. The number of ether oxygens (including phenoxy) is 2. The number of thiazole rings is 1. The minimum absolute atomic E-state index is 0.235. The van der Waals surface area contributed by atoms with E-state index >= 15 is 0 Å². The minimum atomic E-state index is -0.235. The number of hydrogen-bond acceptors (Lipinski definition) is 5. The van der Waals surface area contributed by atoms with Gasteiger partial charge in [0, 0.05) is 33.3 Å². The molecule has 0 atom stereocenters. The molecule has 0 spiro atoms. The highest BCUT2D eigenvalue weighted by atomic mass is 32.1. The second-order valence-corrected chi connectivity index (χ2v) is 8.13. The molecule has 156 valence electrons. The molecule has 0 aliphatic heterocycles. The van der Waals surface area contributed by atoms with Crippen molar-refractivity contribution >= 4 is 22.9 Å². The van der Waals surface area contributed by atoms with E-state index in [4.69, 9.17) is 14.5 Å². The van der Waals surface area contributed by atoms with Crippen LogP contribution in [0.15, 0.2) is 72.8 Å². The Morgan fingerprint density at radius 3 is 2.13 bits per heavy atom. The highest BCUT2D eigenvalue weighted by Crippen LogP contribution is 2.33. The Hall–Kier alpha value is -3.64. The predicted molar refractivity (Wildman–Crippen MR) is 125 cm³/mol. The summed E-state index contributed by atoms with van der Waals surface area (Å²) in [5, 5.41) is 3.91. The van der Waals surface area contributed by atoms with Gasteiger partial charge in [0.2, 0.25) is 0 Å². The van der Waals surface area contributed by atoms with Gasteiger partial charge in [-0.1, -0.05) is 42.5 Å². The third kappa shape index (κ3) is 4.59. The molecule has 31 heavy (non-hydrogen) atoms. The zero-order valence-corrected chi connectivity index (χ0v) is 18.3. The Balaban J connectivity index is 1.53. The fraction of sp³-hybridized carbons (Fsp3) is 0.120. The Morgan fingerprint density at radius 1 is 0.871 bits per heavy atom. The summed E-state index contributed by atoms with van der Waals surface area (Å²) in [5.41, 5.74) is 4.24. The van der Waals surface area contributed by atoms with Crippen LogP contribution in [0.25, 0.3) is 21.8 Å². The number of amides is 1. The van der Waals surface area contributed by atoms with Gasteiger partial charge in [0.05, 0.1) is 19.9 Å². The molecule has 0 unspecified atom stereocenters. The molecule has 4 rings (SSSR count). The first-order valence-electron chi connectivity index (χ1n) is 9.75. The molecule has 3 aromatic carbocycles. The minimum Gasteiger partial charge on any atom is -0.497 e. The van der Waals surface area contributed by atoms with E-state index in [1.54, 1.807) is 43.8 Å². The average molecular weight is 431 g/mol. The number of benzene rings is 3. The zero-order chi connectivity index (χ0) is 21.8. The fourth-order valence-corrected chi connectivity index (χ4v) is 4.16. The maximum Gasteiger partial charge on any atom is 0.255 e. The molecule has 0 radical (unpaired) electrons. The Morgan fingerprint density at radius 2 is 1.52 bits per heavy atom. The molecule has 0 fully saturated rings. The van der Waals surface area contributed by atoms with Crippen LogP contribution >= 0.6 is 11.3 Å². The van der Waals surface area contributed by atoms with Crippen molar-refractivity contribution in [3.05, 3.63) is 83.2 Å². The summed E-state index contributed by atoms with van der Waals surface area (Å²) in [4.78, 5) is 18.7. The van der Waals surface area contributed by atoms with Gasteiger partial charge in [-0.15, -0.1) is 11.3 Å². The van der Waals surface area contributed by atoms with Gasteiger partial charge in [-0.05, 0) is 31.2 Å². The lowest BCUT2D eigenvalue weighted by molar-refractivity contribution is 0.102. The number of hydrogen-bond donors (Lipinski definition) is 1. The van der Waals surface area contributed by atoms with E-state index in [2.05, 4.69) is 24.4 Å². The topological polar surface area (TPSA) is 60.5 Å². The summed E-state index contributed by atoms with van der Waals surface area (Å²) in [5.74, 6) is 0.891. The van der Waals surface area contributed by atoms with E-state index in [1.807, 2.05) is 42.5 Å². The smallest absolute Gasteiger partial charge is 0.255 e. The second-order valence-electron chi connectivity index (χ2n) is 6.92. The largest absolute Gasteiger partial charge is 0.497 e. The average Bonchev–Trinajstić information content (AvgIpc) is 3.21. The molecule has 1 amide bonds. The predicted octanol–water partition coefficient (Wildman–Crippen LogP) is 6.06. The zero-order valence-electron chi connectivity index (χ0n) is 17.5. The van der Waals surface area contributed by atoms with Crippen LogP contribution in [0.2, 0.25) is 0 Å². The van der Waals surface area contributed by atoms with Crippen LogP contribution in [-0.2, 0) is 0 Å². The number of carbonyl (C=O) groups excluding carboxylic acids is 1. The number of nitrogens with one attached hydrogen (secondary N) is 1. The number of aryl methyl sites for hydroxylation is 1. The van der Waals surface area contributed by atoms with Gasteiger partial charge in [-0.25, -0.2) is 4.98 Å². The molecular formula is C25H22N2O3S. The molecule has 0 saturated heterocycles. The van der Waals surface area contributed by atoms with Crippen molar-refractivity contribution in [2.75, 3.05) is 19.5 Å². The molecule has 1 heterocycles. The van der Waals surface area contributed by atoms with Crippen molar-refractivity contribution in [2.24, 2.45) is 0 Å². The normalized spacial score (nSPS) is 10.5. The van der Waals surface area contributed by atoms with Crippen molar-refractivity contribution in [1.82, 2.24) is 4.98 Å². The summed E-state index contributed by atoms with van der Waals surface area (Å²) in [7, 11) is 3.11. The van der Waals surface area contributed by atoms with Crippen molar-refractivity contribution in [3.63, 3.8) is 0 Å². The molecular weight excluding hydrogens is 408 g/mol. The Bertz CT molecular complexity index is 1180. The number of carbonyl (C=O) groups is 1. The summed E-state index contributed by atoms with van der Waals surface area (Å²) in [6.45, 7) is 2.07. The van der Waals surface area contributed by atoms with Crippen LogP contribution in [-0.4, -0.2) is 25.1 Å². The first-order chi connectivity index (χ1) is 15.1. The lowest BCUT2D eigenvalue weighted by atomic mass is 10.1. The maximum atomic E-state index is 12.7. The van der Waals surface area contributed by atoms with Crippen LogP contribution < -0.4 is 14.8 Å². The summed E-state index contributed by atoms with van der Waals surface area (Å²) < 4.78 is 10.5. The van der Waals surface area contributed by atoms with Crippen molar-refractivity contribution < 1.29 is 14.3 Å². The lowest BCUT2D eigenvalue weighted by Crippen LogP contribution is -2.12. The second kappa shape index (κ2) is 9.02. The summed E-state index contributed by atoms with van der Waals surface area (Å²) in [6.07, 6.45) is 0. The van der Waals surface area contributed by atoms with E-state index in [-0.39, 0.29) is 5.91 Å². The van der Waals surface area contributed by atoms with Crippen molar-refractivity contribution in [1.29, 1.82) is 0 Å². The van der Waals surface area contributed by atoms with E-state index in [0.29, 0.717) is 22.7 Å². The molecule has 0 aliphatic carbocycles. The van der Waals surface area contributed by atoms with E-state index in [0.717, 1.165) is 26.7 Å². The molecule has 5 nitrogen and oxygen atoms in total. The first-order valence-corrected chi connectivity index (χ1v) is 10.6. The SMILES string of the molecule is COc1cc(OC)cc(C(=O)Nc2ccc(-c3nc(-c4ccccc4)sc3C)cc2)c1. The van der Waals surface area contributed by atoms with Crippen LogP contribution in [0.3, 0.4) is 0 Å². The van der Waals surface area contributed by atoms with Gasteiger partial charge in [0.15, 0.2) is 0 Å². The fourth-order valence-electron chi connectivity index (χ4n) is 3.22. The van der Waals surface area contributed by atoms with Crippen molar-refractivity contribution in [3.8, 4) is 33.3 Å². The van der Waals surface area contributed by atoms with Gasteiger partial charge in [-0.2, -0.15) is 0 Å². The lowest BCUT2D eigenvalue weighted by Gasteiger charge is -2.10. The Kier molecular flexibility index (Phi) is 6.00. The number of anilines is 1. The van der Waals surface area contributed by atoms with Crippen molar-refractivity contribution in [2.45, 2.75) is 6.92 Å². The summed E-state index contributed by atoms with van der Waals surface area (Å²) >= 11 is 1.68. The molecule has 6 heteroatoms. The van der Waals surface area contributed by atoms with Gasteiger partial charge >= 0.3 is 0 Å². The molecule has 4 aromatic rings. The quantitative estimate of drug-likeness (QED) is 0.404. The molecule has 1 aromatic heterocycles. The number of methoxy groups -OCH3 is 2. The third-order valence-electron chi connectivity index (χ3n) is 4.85. The highest BCUT2D eigenvalue weighted by Gasteiger charge is 2.13. The van der Waals surface area contributed by atoms with Gasteiger partial charge in [0.1, 0.15) is 16.5 Å². The van der Waals surface area contributed by atoms with Gasteiger partial charge in [-0.3, -0.25) is 4.79 Å². The Labute approximate surface area is 185 Å². The van der Waals surface area contributed by atoms with Gasteiger partial charge in [0.25, 0.3) is 5.91 Å². The van der Waals surface area contributed by atoms with E-state index in [9.17, 15) is 4.79 Å². The standard InChI is InChI=1S/C25H22N2O3S/c1-16-23(27-25(31-16)18-7-5-4-6-8-18)17-9-11-20(12-10-17)26-24(28)19-13-21(29-2)15-22(14-19)30-3/h4-15H,1-3H3,(H,26,28). The van der Waals surface area contributed by atoms with E-state index in [1.165, 1.54) is 0 Å². The van der Waals surface area contributed by atoms with Crippen LogP contribution in [0, 0.1) is 6.92 Å². The summed E-state index contributed by atoms with van der Waals surface area (Å²) in [6, 6.07) is 22.9. The molecule has 0 aliphatic rings. The monoisotopic (exact) mass is 430 g/mol. The van der Waals surface area contributed by atoms with Crippen LogP contribution in [0.1, 0.15) is 15.2 Å². The van der Waals surface area contributed by atoms with E-state index < -0.39 is 0 Å². The number of aromatic nitrogens is 1. The molecule has 0 saturated carbocycles. The molecule has 1 N–H and O–H groups in total.